The molecule has 0 unspecified atom stereocenters. The van der Waals surface area contributed by atoms with Gasteiger partial charge in [0.05, 0.1) is 11.6 Å². The van der Waals surface area contributed by atoms with E-state index in [1.807, 2.05) is 24.3 Å². The van der Waals surface area contributed by atoms with Crippen molar-refractivity contribution in [1.82, 2.24) is 4.90 Å². The number of carbonyl (C=O) groups excluding carboxylic acids is 2. The van der Waals surface area contributed by atoms with Crippen molar-refractivity contribution in [2.24, 2.45) is 0 Å². The first-order valence-electron chi connectivity index (χ1n) is 11.1. The van der Waals surface area contributed by atoms with Crippen LogP contribution in [0.1, 0.15) is 68.2 Å². The molecular formula is C26H28BrNO5. The number of carboxylic acids is 1. The third-order valence-electron chi connectivity index (χ3n) is 5.87. The van der Waals surface area contributed by atoms with Crippen LogP contribution >= 0.6 is 15.9 Å². The van der Waals surface area contributed by atoms with Gasteiger partial charge in [0.25, 0.3) is 11.7 Å². The summed E-state index contributed by atoms with van der Waals surface area (Å²) in [5, 5.41) is 19.9. The lowest BCUT2D eigenvalue weighted by molar-refractivity contribution is -0.140. The fraction of sp³-hybridized carbons (Fsp3) is 0.346. The Morgan fingerprint density at radius 1 is 0.970 bits per heavy atom. The molecule has 1 aliphatic rings. The summed E-state index contributed by atoms with van der Waals surface area (Å²) in [6.07, 6.45) is 1.77. The number of carboxylic acid groups (broad SMARTS) is 1. The number of benzene rings is 2. The van der Waals surface area contributed by atoms with Gasteiger partial charge in [-0.25, -0.2) is 0 Å². The monoisotopic (exact) mass is 513 g/mol. The summed E-state index contributed by atoms with van der Waals surface area (Å²) in [4.78, 5) is 38.3. The maximum Gasteiger partial charge on any atom is 0.303 e. The van der Waals surface area contributed by atoms with E-state index in [1.165, 1.54) is 4.90 Å². The maximum absolute atomic E-state index is 13.0. The molecule has 1 atom stereocenters. The van der Waals surface area contributed by atoms with Crippen molar-refractivity contribution in [3.63, 3.8) is 0 Å². The standard InChI is InChI=1S/C26H28BrNO5/c1-16(2)17-7-9-18(10-8-17)23-22(24(31)19-11-13-20(27)14-12-19)25(32)26(33)28(23)15-5-3-4-6-21(29)30/h7-14,16,23,31H,3-6,15H2,1-2H3,(H,29,30)/b24-22+/t23-/m0/s1. The molecule has 1 fully saturated rings. The molecule has 33 heavy (non-hydrogen) atoms. The SMILES string of the molecule is CC(C)c1ccc([C@H]2/C(=C(\O)c3ccc(Br)cc3)C(=O)C(=O)N2CCCCCC(=O)O)cc1. The molecule has 0 radical (unpaired) electrons. The van der Waals surface area contributed by atoms with E-state index in [0.29, 0.717) is 37.3 Å². The van der Waals surface area contributed by atoms with Crippen LogP contribution in [-0.4, -0.2) is 39.3 Å². The van der Waals surface area contributed by atoms with Gasteiger partial charge in [0, 0.05) is 23.0 Å². The van der Waals surface area contributed by atoms with E-state index in [9.17, 15) is 19.5 Å². The molecule has 0 aliphatic carbocycles. The van der Waals surface area contributed by atoms with Gasteiger partial charge in [-0.1, -0.05) is 72.6 Å². The molecule has 1 saturated heterocycles. The number of unbranched alkanes of at least 4 members (excludes halogenated alkanes) is 2. The zero-order valence-electron chi connectivity index (χ0n) is 18.8. The van der Waals surface area contributed by atoms with Crippen molar-refractivity contribution in [1.29, 1.82) is 0 Å². The average molecular weight is 514 g/mol. The molecule has 0 saturated carbocycles. The predicted molar refractivity (Wildman–Crippen MR) is 130 cm³/mol. The Hall–Kier alpha value is -2.93. The Labute approximate surface area is 202 Å². The number of halogens is 1. The van der Waals surface area contributed by atoms with E-state index in [1.54, 1.807) is 24.3 Å². The van der Waals surface area contributed by atoms with Crippen LogP contribution in [0.25, 0.3) is 5.76 Å². The Bertz CT molecular complexity index is 1060. The summed E-state index contributed by atoms with van der Waals surface area (Å²) in [6, 6.07) is 14.0. The number of aliphatic hydroxyl groups is 1. The third-order valence-corrected chi connectivity index (χ3v) is 6.39. The van der Waals surface area contributed by atoms with Gasteiger partial charge in [-0.2, -0.15) is 0 Å². The lowest BCUT2D eigenvalue weighted by atomic mass is 9.93. The van der Waals surface area contributed by atoms with Crippen LogP contribution in [0.4, 0.5) is 0 Å². The predicted octanol–water partition coefficient (Wildman–Crippen LogP) is 5.64. The second kappa shape index (κ2) is 10.8. The molecule has 0 aromatic heterocycles. The number of nitrogens with zero attached hydrogens (tertiary/aromatic N) is 1. The van der Waals surface area contributed by atoms with Crippen LogP contribution < -0.4 is 0 Å². The van der Waals surface area contributed by atoms with Crippen LogP contribution in [0.15, 0.2) is 58.6 Å². The normalized spacial score (nSPS) is 17.7. The van der Waals surface area contributed by atoms with Crippen LogP contribution in [0.5, 0.6) is 0 Å². The first-order valence-corrected chi connectivity index (χ1v) is 11.9. The van der Waals surface area contributed by atoms with E-state index in [-0.39, 0.29) is 17.8 Å². The zero-order valence-corrected chi connectivity index (χ0v) is 20.3. The van der Waals surface area contributed by atoms with Crippen LogP contribution in [0.2, 0.25) is 0 Å². The van der Waals surface area contributed by atoms with Crippen molar-refractivity contribution in [3.8, 4) is 0 Å². The third kappa shape index (κ3) is 5.71. The highest BCUT2D eigenvalue weighted by Gasteiger charge is 2.45. The fourth-order valence-electron chi connectivity index (χ4n) is 4.02. The lowest BCUT2D eigenvalue weighted by Crippen LogP contribution is -2.30. The molecule has 1 amide bonds. The Morgan fingerprint density at radius 3 is 2.18 bits per heavy atom. The summed E-state index contributed by atoms with van der Waals surface area (Å²) in [6.45, 7) is 4.48. The molecule has 1 heterocycles. The van der Waals surface area contributed by atoms with E-state index in [4.69, 9.17) is 5.11 Å². The number of carbonyl (C=O) groups is 3. The number of ketones is 1. The molecule has 7 heteroatoms. The minimum atomic E-state index is -0.852. The number of rotatable bonds is 9. The molecule has 6 nitrogen and oxygen atoms in total. The Kier molecular flexibility index (Phi) is 8.08. The minimum Gasteiger partial charge on any atom is -0.507 e. The molecule has 2 aromatic rings. The zero-order chi connectivity index (χ0) is 24.1. The first kappa shape index (κ1) is 24.7. The van der Waals surface area contributed by atoms with Gasteiger partial charge >= 0.3 is 5.97 Å². The van der Waals surface area contributed by atoms with Gasteiger partial charge in [-0.05, 0) is 42.0 Å². The van der Waals surface area contributed by atoms with E-state index >= 15 is 0 Å². The number of hydrogen-bond acceptors (Lipinski definition) is 4. The molecular weight excluding hydrogens is 486 g/mol. The van der Waals surface area contributed by atoms with Crippen LogP contribution in [0.3, 0.4) is 0 Å². The number of aliphatic carboxylic acids is 1. The highest BCUT2D eigenvalue weighted by Crippen LogP contribution is 2.40. The summed E-state index contributed by atoms with van der Waals surface area (Å²) in [7, 11) is 0. The molecule has 2 N–H and O–H groups in total. The van der Waals surface area contributed by atoms with E-state index < -0.39 is 23.7 Å². The second-order valence-corrected chi connectivity index (χ2v) is 9.44. The largest absolute Gasteiger partial charge is 0.507 e. The average Bonchev–Trinajstić information content (AvgIpc) is 3.03. The highest BCUT2D eigenvalue weighted by molar-refractivity contribution is 9.10. The highest BCUT2D eigenvalue weighted by atomic mass is 79.9. The lowest BCUT2D eigenvalue weighted by Gasteiger charge is -2.25. The fourth-order valence-corrected chi connectivity index (χ4v) is 4.28. The van der Waals surface area contributed by atoms with Crippen LogP contribution in [0, 0.1) is 0 Å². The molecule has 1 aliphatic heterocycles. The molecule has 0 spiro atoms. The van der Waals surface area contributed by atoms with E-state index in [0.717, 1.165) is 15.6 Å². The molecule has 2 aromatic carbocycles. The Morgan fingerprint density at radius 2 is 1.61 bits per heavy atom. The number of likely N-dealkylation sites (tertiary alicyclic amines) is 1. The van der Waals surface area contributed by atoms with Gasteiger partial charge in [-0.15, -0.1) is 0 Å². The minimum absolute atomic E-state index is 0.0719. The molecule has 0 bridgehead atoms. The number of aliphatic hydroxyl groups excluding tert-OH is 1. The van der Waals surface area contributed by atoms with Gasteiger partial charge in [0.15, 0.2) is 0 Å². The number of Topliss-reactive ketones (excluding diaryl/α,β-unsaturated/α-hetero) is 1. The smallest absolute Gasteiger partial charge is 0.303 e. The van der Waals surface area contributed by atoms with Crippen molar-refractivity contribution in [3.05, 3.63) is 75.3 Å². The van der Waals surface area contributed by atoms with Gasteiger partial charge in [0.1, 0.15) is 5.76 Å². The number of amides is 1. The van der Waals surface area contributed by atoms with Crippen molar-refractivity contribution < 1.29 is 24.6 Å². The summed E-state index contributed by atoms with van der Waals surface area (Å²) in [5.74, 6) is -2.08. The van der Waals surface area contributed by atoms with E-state index in [2.05, 4.69) is 29.8 Å². The summed E-state index contributed by atoms with van der Waals surface area (Å²) >= 11 is 3.36. The quantitative estimate of drug-likeness (QED) is 0.196. The van der Waals surface area contributed by atoms with Crippen LogP contribution in [-0.2, 0) is 14.4 Å². The van der Waals surface area contributed by atoms with Gasteiger partial charge < -0.3 is 15.1 Å². The topological polar surface area (TPSA) is 94.9 Å². The maximum atomic E-state index is 13.0. The summed E-state index contributed by atoms with van der Waals surface area (Å²) < 4.78 is 0.835. The second-order valence-electron chi connectivity index (χ2n) is 8.53. The number of hydrogen-bond donors (Lipinski definition) is 2. The van der Waals surface area contributed by atoms with Crippen molar-refractivity contribution in [2.45, 2.75) is 51.5 Å². The summed E-state index contributed by atoms with van der Waals surface area (Å²) in [5.41, 5.74) is 2.42. The van der Waals surface area contributed by atoms with Gasteiger partial charge in [0.2, 0.25) is 0 Å². The Balaban J connectivity index is 1.98. The van der Waals surface area contributed by atoms with Crippen molar-refractivity contribution >= 4 is 39.3 Å². The van der Waals surface area contributed by atoms with Gasteiger partial charge in [-0.3, -0.25) is 14.4 Å². The van der Waals surface area contributed by atoms with Crippen molar-refractivity contribution in [2.75, 3.05) is 6.54 Å². The molecule has 3 rings (SSSR count). The molecule has 174 valence electrons. The first-order chi connectivity index (χ1) is 15.7.